The van der Waals surface area contributed by atoms with Crippen molar-refractivity contribution in [3.63, 3.8) is 0 Å². The fourth-order valence-corrected chi connectivity index (χ4v) is 3.43. The molecule has 2 atom stereocenters. The molecule has 0 radical (unpaired) electrons. The lowest BCUT2D eigenvalue weighted by molar-refractivity contribution is 0.104. The maximum absolute atomic E-state index is 5.43. The summed E-state index contributed by atoms with van der Waals surface area (Å²) in [5, 5.41) is 11.8. The highest BCUT2D eigenvalue weighted by molar-refractivity contribution is 7.08. The Kier molecular flexibility index (Phi) is 4.67. The number of hydrogen-bond acceptors (Lipinski definition) is 6. The van der Waals surface area contributed by atoms with Crippen molar-refractivity contribution in [3.05, 3.63) is 22.7 Å². The lowest BCUT2D eigenvalue weighted by Crippen LogP contribution is -2.55. The summed E-state index contributed by atoms with van der Waals surface area (Å²) < 4.78 is 5.43. The number of nitrogens with zero attached hydrogens (tertiary/aromatic N) is 3. The molecule has 2 aromatic rings. The Morgan fingerprint density at radius 1 is 1.43 bits per heavy atom. The van der Waals surface area contributed by atoms with E-state index in [1.54, 1.807) is 11.3 Å². The molecule has 3 rings (SSSR count). The standard InChI is InChI=1S/C15H22N4OS/c1-3-12-8-19(13(4-2)7-16-12)9-14-17-15(18-20-14)11-5-6-21-10-11/h5-6,10,12-13,16H,3-4,7-9H2,1-2H3. The summed E-state index contributed by atoms with van der Waals surface area (Å²) in [6.45, 7) is 7.29. The minimum atomic E-state index is 0.546. The van der Waals surface area contributed by atoms with Crippen LogP contribution in [0.5, 0.6) is 0 Å². The summed E-state index contributed by atoms with van der Waals surface area (Å²) in [6, 6.07) is 3.13. The normalized spacial score (nSPS) is 23.5. The molecule has 6 heteroatoms. The van der Waals surface area contributed by atoms with E-state index in [9.17, 15) is 0 Å². The molecule has 0 bridgehead atoms. The summed E-state index contributed by atoms with van der Waals surface area (Å²) in [5.41, 5.74) is 1.04. The van der Waals surface area contributed by atoms with E-state index in [1.165, 1.54) is 0 Å². The second-order valence-electron chi connectivity index (χ2n) is 5.53. The van der Waals surface area contributed by atoms with Crippen LogP contribution in [0, 0.1) is 0 Å². The quantitative estimate of drug-likeness (QED) is 0.920. The molecule has 21 heavy (non-hydrogen) atoms. The highest BCUT2D eigenvalue weighted by Gasteiger charge is 2.27. The van der Waals surface area contributed by atoms with E-state index < -0.39 is 0 Å². The van der Waals surface area contributed by atoms with Crippen molar-refractivity contribution < 1.29 is 4.52 Å². The van der Waals surface area contributed by atoms with Crippen LogP contribution < -0.4 is 5.32 Å². The number of piperazine rings is 1. The van der Waals surface area contributed by atoms with Crippen LogP contribution in [0.15, 0.2) is 21.3 Å². The van der Waals surface area contributed by atoms with Crippen molar-refractivity contribution in [2.24, 2.45) is 0 Å². The molecule has 1 N–H and O–H groups in total. The molecule has 114 valence electrons. The molecule has 2 unspecified atom stereocenters. The van der Waals surface area contributed by atoms with Gasteiger partial charge in [-0.15, -0.1) is 0 Å². The Morgan fingerprint density at radius 2 is 2.33 bits per heavy atom. The van der Waals surface area contributed by atoms with Gasteiger partial charge in [-0.25, -0.2) is 0 Å². The first-order valence-electron chi connectivity index (χ1n) is 7.62. The van der Waals surface area contributed by atoms with Crippen LogP contribution in [0.4, 0.5) is 0 Å². The first kappa shape index (κ1) is 14.7. The first-order chi connectivity index (χ1) is 10.3. The third-order valence-electron chi connectivity index (χ3n) is 4.16. The second-order valence-corrected chi connectivity index (χ2v) is 6.31. The molecule has 1 fully saturated rings. The van der Waals surface area contributed by atoms with E-state index in [-0.39, 0.29) is 0 Å². The Hall–Kier alpha value is -1.24. The van der Waals surface area contributed by atoms with Crippen LogP contribution in [0.3, 0.4) is 0 Å². The fraction of sp³-hybridized carbons (Fsp3) is 0.600. The van der Waals surface area contributed by atoms with Crippen LogP contribution in [0.25, 0.3) is 11.4 Å². The van der Waals surface area contributed by atoms with Crippen molar-refractivity contribution in [1.29, 1.82) is 0 Å². The summed E-state index contributed by atoms with van der Waals surface area (Å²) in [4.78, 5) is 7.00. The summed E-state index contributed by atoms with van der Waals surface area (Å²) in [6.07, 6.45) is 2.28. The van der Waals surface area contributed by atoms with E-state index >= 15 is 0 Å². The smallest absolute Gasteiger partial charge is 0.241 e. The number of nitrogens with one attached hydrogen (secondary N) is 1. The Morgan fingerprint density at radius 3 is 3.05 bits per heavy atom. The predicted molar refractivity (Wildman–Crippen MR) is 84.2 cm³/mol. The molecule has 3 heterocycles. The third kappa shape index (κ3) is 3.33. The number of aromatic nitrogens is 2. The monoisotopic (exact) mass is 306 g/mol. The van der Waals surface area contributed by atoms with Crippen LogP contribution in [-0.4, -0.2) is 40.2 Å². The van der Waals surface area contributed by atoms with Crippen molar-refractivity contribution in [1.82, 2.24) is 20.4 Å². The SMILES string of the molecule is CCC1CN(Cc2nc(-c3ccsc3)no2)C(CC)CN1. The van der Waals surface area contributed by atoms with Crippen LogP contribution in [-0.2, 0) is 6.54 Å². The van der Waals surface area contributed by atoms with Crippen LogP contribution >= 0.6 is 11.3 Å². The molecular weight excluding hydrogens is 284 g/mol. The zero-order valence-corrected chi connectivity index (χ0v) is 13.4. The van der Waals surface area contributed by atoms with Crippen LogP contribution in [0.1, 0.15) is 32.6 Å². The van der Waals surface area contributed by atoms with Gasteiger partial charge in [0, 0.05) is 36.1 Å². The van der Waals surface area contributed by atoms with E-state index in [0.717, 1.165) is 38.0 Å². The second kappa shape index (κ2) is 6.68. The van der Waals surface area contributed by atoms with Gasteiger partial charge in [-0.3, -0.25) is 4.90 Å². The van der Waals surface area contributed by atoms with Gasteiger partial charge in [0.15, 0.2) is 0 Å². The molecule has 1 saturated heterocycles. The van der Waals surface area contributed by atoms with Gasteiger partial charge in [-0.05, 0) is 24.3 Å². The minimum Gasteiger partial charge on any atom is -0.338 e. The first-order valence-corrected chi connectivity index (χ1v) is 8.57. The van der Waals surface area contributed by atoms with E-state index in [4.69, 9.17) is 4.52 Å². The topological polar surface area (TPSA) is 54.2 Å². The lowest BCUT2D eigenvalue weighted by Gasteiger charge is -2.39. The molecule has 2 aromatic heterocycles. The molecule has 5 nitrogen and oxygen atoms in total. The van der Waals surface area contributed by atoms with Crippen molar-refractivity contribution in [3.8, 4) is 11.4 Å². The highest BCUT2D eigenvalue weighted by Crippen LogP contribution is 2.20. The van der Waals surface area contributed by atoms with Crippen molar-refractivity contribution in [2.75, 3.05) is 13.1 Å². The maximum atomic E-state index is 5.43. The number of hydrogen-bond donors (Lipinski definition) is 1. The summed E-state index contributed by atoms with van der Waals surface area (Å²) in [7, 11) is 0. The van der Waals surface area contributed by atoms with Crippen molar-refractivity contribution >= 4 is 11.3 Å². The molecule has 0 spiro atoms. The Bertz CT molecular complexity index is 554. The fourth-order valence-electron chi connectivity index (χ4n) is 2.80. The van der Waals surface area contributed by atoms with Gasteiger partial charge in [0.05, 0.1) is 6.54 Å². The lowest BCUT2D eigenvalue weighted by atomic mass is 10.1. The molecule has 0 aliphatic carbocycles. The molecule has 0 saturated carbocycles. The van der Waals surface area contributed by atoms with Gasteiger partial charge < -0.3 is 9.84 Å². The number of thiophene rings is 1. The summed E-state index contributed by atoms with van der Waals surface area (Å²) >= 11 is 1.65. The zero-order valence-electron chi connectivity index (χ0n) is 12.6. The van der Waals surface area contributed by atoms with Gasteiger partial charge in [0.2, 0.25) is 11.7 Å². The van der Waals surface area contributed by atoms with Gasteiger partial charge >= 0.3 is 0 Å². The average Bonchev–Trinajstić information content (AvgIpc) is 3.18. The molecular formula is C15H22N4OS. The van der Waals surface area contributed by atoms with E-state index in [2.05, 4.69) is 34.2 Å². The number of rotatable bonds is 5. The van der Waals surface area contributed by atoms with Gasteiger partial charge in [0.25, 0.3) is 0 Å². The van der Waals surface area contributed by atoms with Gasteiger partial charge in [-0.2, -0.15) is 16.3 Å². The van der Waals surface area contributed by atoms with Gasteiger partial charge in [-0.1, -0.05) is 19.0 Å². The van der Waals surface area contributed by atoms with E-state index in [1.807, 2.05) is 16.8 Å². The largest absolute Gasteiger partial charge is 0.338 e. The summed E-state index contributed by atoms with van der Waals surface area (Å²) in [5.74, 6) is 1.41. The minimum absolute atomic E-state index is 0.546. The van der Waals surface area contributed by atoms with Crippen LogP contribution in [0.2, 0.25) is 0 Å². The van der Waals surface area contributed by atoms with Gasteiger partial charge in [0.1, 0.15) is 0 Å². The highest BCUT2D eigenvalue weighted by atomic mass is 32.1. The molecule has 0 amide bonds. The molecule has 1 aliphatic heterocycles. The van der Waals surface area contributed by atoms with E-state index in [0.29, 0.717) is 23.8 Å². The Labute approximate surface area is 129 Å². The third-order valence-corrected chi connectivity index (χ3v) is 4.85. The predicted octanol–water partition coefficient (Wildman–Crippen LogP) is 2.76. The average molecular weight is 306 g/mol. The van der Waals surface area contributed by atoms with Crippen molar-refractivity contribution in [2.45, 2.75) is 45.3 Å². The Balaban J connectivity index is 1.69. The zero-order chi connectivity index (χ0) is 14.7. The maximum Gasteiger partial charge on any atom is 0.241 e. The molecule has 0 aromatic carbocycles. The molecule has 1 aliphatic rings.